The van der Waals surface area contributed by atoms with Crippen molar-refractivity contribution in [3.8, 4) is 34.0 Å². The summed E-state index contributed by atoms with van der Waals surface area (Å²) in [5.74, 6) is 2.76. The Morgan fingerprint density at radius 2 is 1.12 bits per heavy atom. The zero-order valence-electron chi connectivity index (χ0n) is 36.8. The standard InChI is InChI=1S/C24H24N4O4S3.C24H22N4O3S2/c1-32-19-4-2-3-17(12-19)21-13-34-24(27-21)26-20(22-14-33-23(25-22)16-7-8-16)11-15-5-9-18(10-6-15)28-35(29,30)31;1-31-19-4-2-3-17(12-19)21-13-33-24(27-21)26-20(22-14-32-23(25-22)16-7-8-16)11-15-5-9-18(10-6-15)28(29)30/h2-6,9-10,12-14,16,20,28H,7-8,11H2,1H3,(H,26,27)(H,29,30,31);2-6,9-10,12-14,16,20H,7-8,11H2,1H3,(H,26,27)/t2*20-/m00/s1. The van der Waals surface area contributed by atoms with Crippen molar-refractivity contribution in [1.29, 1.82) is 0 Å². The van der Waals surface area contributed by atoms with Gasteiger partial charge < -0.3 is 20.1 Å². The van der Waals surface area contributed by atoms with Gasteiger partial charge in [-0.1, -0.05) is 48.5 Å². The lowest BCUT2D eigenvalue weighted by Crippen LogP contribution is -2.14. The van der Waals surface area contributed by atoms with Crippen LogP contribution in [0.5, 0.6) is 11.5 Å². The summed E-state index contributed by atoms with van der Waals surface area (Å²) in [6.07, 6.45) is 6.11. The highest BCUT2D eigenvalue weighted by atomic mass is 32.2. The lowest BCUT2D eigenvalue weighted by Gasteiger charge is -2.17. The van der Waals surface area contributed by atoms with Gasteiger partial charge in [-0.15, -0.1) is 45.3 Å². The van der Waals surface area contributed by atoms with Gasteiger partial charge in [-0.3, -0.25) is 19.4 Å². The van der Waals surface area contributed by atoms with Crippen LogP contribution >= 0.6 is 45.3 Å². The fraction of sp³-hybridized carbons (Fsp3) is 0.250. The molecule has 0 bridgehead atoms. The maximum Gasteiger partial charge on any atom is 0.357 e. The molecular formula is C48H46N8O7S5. The van der Waals surface area contributed by atoms with Crippen molar-refractivity contribution in [2.24, 2.45) is 0 Å². The summed E-state index contributed by atoms with van der Waals surface area (Å²) in [6.45, 7) is 0. The molecule has 4 N–H and O–H groups in total. The number of methoxy groups -OCH3 is 2. The Labute approximate surface area is 409 Å². The molecule has 15 nitrogen and oxygen atoms in total. The van der Waals surface area contributed by atoms with E-state index in [1.54, 1.807) is 72.5 Å². The van der Waals surface area contributed by atoms with Crippen LogP contribution in [0.25, 0.3) is 22.5 Å². The van der Waals surface area contributed by atoms with Gasteiger partial charge in [-0.2, -0.15) is 8.42 Å². The molecular weight excluding hydrogens is 961 g/mol. The van der Waals surface area contributed by atoms with E-state index in [1.807, 2.05) is 83.6 Å². The lowest BCUT2D eigenvalue weighted by atomic mass is 10.0. The van der Waals surface area contributed by atoms with Crippen LogP contribution in [-0.4, -0.2) is 52.0 Å². The van der Waals surface area contributed by atoms with E-state index in [4.69, 9.17) is 34.0 Å². The Morgan fingerprint density at radius 1 is 0.662 bits per heavy atom. The number of ether oxygens (including phenoxy) is 2. The summed E-state index contributed by atoms with van der Waals surface area (Å²) in [5, 5.41) is 30.3. The molecule has 350 valence electrons. The number of rotatable bonds is 19. The van der Waals surface area contributed by atoms with E-state index in [-0.39, 0.29) is 22.7 Å². The Bertz CT molecular complexity index is 3090. The summed E-state index contributed by atoms with van der Waals surface area (Å²) in [4.78, 5) is 30.0. The number of aromatic nitrogens is 4. The number of thiazole rings is 4. The summed E-state index contributed by atoms with van der Waals surface area (Å²) >= 11 is 6.49. The number of hydrogen-bond donors (Lipinski definition) is 4. The molecule has 0 aliphatic heterocycles. The van der Waals surface area contributed by atoms with E-state index in [2.05, 4.69) is 26.1 Å². The zero-order valence-corrected chi connectivity index (χ0v) is 40.9. The van der Waals surface area contributed by atoms with Crippen molar-refractivity contribution < 1.29 is 27.4 Å². The Morgan fingerprint density at radius 3 is 1.53 bits per heavy atom. The van der Waals surface area contributed by atoms with Gasteiger partial charge in [0.25, 0.3) is 5.69 Å². The molecule has 4 aromatic heterocycles. The zero-order chi connectivity index (χ0) is 47.2. The maximum absolute atomic E-state index is 11.1. The van der Waals surface area contributed by atoms with Gasteiger partial charge in [0.15, 0.2) is 10.3 Å². The first-order valence-electron chi connectivity index (χ1n) is 21.7. The second kappa shape index (κ2) is 20.9. The van der Waals surface area contributed by atoms with E-state index in [1.165, 1.54) is 47.0 Å². The third-order valence-corrected chi connectivity index (χ3v) is 15.3. The molecule has 68 heavy (non-hydrogen) atoms. The Kier molecular flexibility index (Phi) is 14.4. The summed E-state index contributed by atoms with van der Waals surface area (Å²) in [5.41, 5.74) is 8.07. The minimum absolute atomic E-state index is 0.0838. The van der Waals surface area contributed by atoms with Gasteiger partial charge in [-0.25, -0.2) is 19.9 Å². The van der Waals surface area contributed by atoms with Crippen LogP contribution in [-0.2, 0) is 23.1 Å². The van der Waals surface area contributed by atoms with Crippen molar-refractivity contribution in [1.82, 2.24) is 19.9 Å². The predicted octanol–water partition coefficient (Wildman–Crippen LogP) is 12.2. The van der Waals surface area contributed by atoms with E-state index in [9.17, 15) is 18.5 Å². The van der Waals surface area contributed by atoms with E-state index in [0.717, 1.165) is 66.8 Å². The largest absolute Gasteiger partial charge is 0.497 e. The molecule has 10 rings (SSSR count). The molecule has 0 spiro atoms. The SMILES string of the molecule is COc1cccc(-c2csc(N[C@@H](Cc3ccc(NS(=O)(=O)O)cc3)c3csc(C4CC4)n3)n2)c1.COc1cccc(-c2csc(N[C@@H](Cc3ccc([N+](=O)[O-])cc3)c3csc(C4CC4)n3)n2)c1. The normalized spacial score (nSPS) is 14.3. The van der Waals surface area contributed by atoms with E-state index < -0.39 is 10.3 Å². The highest BCUT2D eigenvalue weighted by Gasteiger charge is 2.29. The van der Waals surface area contributed by atoms with Crippen LogP contribution in [0.2, 0.25) is 0 Å². The quantitative estimate of drug-likeness (QED) is 0.0339. The maximum atomic E-state index is 11.1. The average molecular weight is 1010 g/mol. The Hall–Kier alpha value is -6.29. The minimum atomic E-state index is -4.31. The molecule has 2 saturated carbocycles. The van der Waals surface area contributed by atoms with E-state index in [0.29, 0.717) is 30.4 Å². The average Bonchev–Trinajstić information content (AvgIpc) is 4.10. The summed E-state index contributed by atoms with van der Waals surface area (Å²) in [7, 11) is -1.01. The molecule has 2 atom stereocenters. The fourth-order valence-corrected chi connectivity index (χ4v) is 11.4. The van der Waals surface area contributed by atoms with Crippen molar-refractivity contribution in [2.45, 2.75) is 62.4 Å². The molecule has 2 fully saturated rings. The molecule has 20 heteroatoms. The van der Waals surface area contributed by atoms with Crippen molar-refractivity contribution >= 4 is 77.3 Å². The number of nitro groups is 1. The van der Waals surface area contributed by atoms with Gasteiger partial charge in [0.2, 0.25) is 0 Å². The first kappa shape index (κ1) is 46.8. The third-order valence-electron chi connectivity index (χ3n) is 11.2. The Balaban J connectivity index is 0.000000170. The number of non-ortho nitro benzene ring substituents is 1. The second-order valence-electron chi connectivity index (χ2n) is 16.3. The van der Waals surface area contributed by atoms with Crippen LogP contribution in [0.3, 0.4) is 0 Å². The van der Waals surface area contributed by atoms with Crippen LogP contribution in [0.4, 0.5) is 21.6 Å². The van der Waals surface area contributed by atoms with Crippen molar-refractivity contribution in [2.75, 3.05) is 29.6 Å². The number of nitrogens with one attached hydrogen (secondary N) is 3. The van der Waals surface area contributed by atoms with Gasteiger partial charge >= 0.3 is 10.3 Å². The van der Waals surface area contributed by atoms with Crippen LogP contribution in [0.1, 0.15) is 82.1 Å². The first-order chi connectivity index (χ1) is 32.9. The van der Waals surface area contributed by atoms with Crippen LogP contribution in [0.15, 0.2) is 119 Å². The predicted molar refractivity (Wildman–Crippen MR) is 271 cm³/mol. The van der Waals surface area contributed by atoms with Gasteiger partial charge in [0, 0.05) is 56.6 Å². The number of nitrogens with zero attached hydrogens (tertiary/aromatic N) is 5. The second-order valence-corrected chi connectivity index (χ2v) is 21.0. The van der Waals surface area contributed by atoms with Gasteiger partial charge in [0.1, 0.15) is 11.5 Å². The molecule has 4 heterocycles. The third kappa shape index (κ3) is 12.4. The fourth-order valence-electron chi connectivity index (χ4n) is 7.31. The number of benzene rings is 4. The van der Waals surface area contributed by atoms with Crippen molar-refractivity contribution in [3.63, 3.8) is 0 Å². The van der Waals surface area contributed by atoms with Crippen LogP contribution < -0.4 is 24.8 Å². The lowest BCUT2D eigenvalue weighted by molar-refractivity contribution is -0.384. The molecule has 0 unspecified atom stereocenters. The molecule has 2 aliphatic carbocycles. The highest BCUT2D eigenvalue weighted by molar-refractivity contribution is 7.87. The van der Waals surface area contributed by atoms with Gasteiger partial charge in [-0.05, 0) is 86.1 Å². The monoisotopic (exact) mass is 1010 g/mol. The smallest absolute Gasteiger partial charge is 0.357 e. The van der Waals surface area contributed by atoms with Gasteiger partial charge in [0.05, 0.1) is 69.7 Å². The molecule has 0 radical (unpaired) electrons. The molecule has 0 saturated heterocycles. The molecule has 4 aromatic carbocycles. The van der Waals surface area contributed by atoms with Crippen molar-refractivity contribution in [3.05, 3.63) is 161 Å². The number of nitro benzene ring substituents is 1. The number of hydrogen-bond acceptors (Lipinski definition) is 16. The van der Waals surface area contributed by atoms with Crippen LogP contribution in [0, 0.1) is 10.1 Å². The molecule has 2 aliphatic rings. The topological polar surface area (TPSA) is 204 Å². The highest BCUT2D eigenvalue weighted by Crippen LogP contribution is 2.44. The summed E-state index contributed by atoms with van der Waals surface area (Å²) in [6, 6.07) is 29.1. The number of anilines is 3. The first-order valence-corrected chi connectivity index (χ1v) is 26.6. The van der Waals surface area contributed by atoms with E-state index >= 15 is 0 Å². The molecule has 8 aromatic rings. The molecule has 0 amide bonds. The minimum Gasteiger partial charge on any atom is -0.497 e. The summed E-state index contributed by atoms with van der Waals surface area (Å²) < 4.78 is 43.9.